The summed E-state index contributed by atoms with van der Waals surface area (Å²) in [7, 11) is 0. The third-order valence-electron chi connectivity index (χ3n) is 2.62. The molecule has 0 aliphatic rings. The molecule has 0 unspecified atom stereocenters. The van der Waals surface area contributed by atoms with Gasteiger partial charge in [-0.1, -0.05) is 6.92 Å². The maximum Gasteiger partial charge on any atom is 0.144 e. The molecule has 3 heteroatoms. The zero-order valence-electron chi connectivity index (χ0n) is 9.78. The molecule has 2 aromatic rings. The second-order valence-corrected chi connectivity index (χ2v) is 4.77. The third kappa shape index (κ3) is 1.62. The molecule has 0 bridgehead atoms. The second-order valence-electron chi connectivity index (χ2n) is 4.77. The van der Waals surface area contributed by atoms with Crippen molar-refractivity contribution in [2.45, 2.75) is 39.7 Å². The van der Waals surface area contributed by atoms with E-state index in [2.05, 4.69) is 54.5 Å². The Kier molecular flexibility index (Phi) is 2.25. The molecule has 2 heterocycles. The minimum atomic E-state index is 0.0706. The van der Waals surface area contributed by atoms with Gasteiger partial charge in [-0.25, -0.2) is 9.97 Å². The van der Waals surface area contributed by atoms with Gasteiger partial charge < -0.3 is 4.57 Å². The molecule has 0 spiro atoms. The summed E-state index contributed by atoms with van der Waals surface area (Å²) in [5.74, 6) is 0. The lowest BCUT2D eigenvalue weighted by atomic mass is 10.1. The molecule has 0 aliphatic carbocycles. The minimum Gasteiger partial charge on any atom is -0.327 e. The van der Waals surface area contributed by atoms with Crippen molar-refractivity contribution >= 4 is 11.0 Å². The molecule has 0 fully saturated rings. The molecule has 0 saturated carbocycles. The summed E-state index contributed by atoms with van der Waals surface area (Å²) in [6, 6.07) is 2.11. The van der Waals surface area contributed by atoms with Gasteiger partial charge in [-0.3, -0.25) is 0 Å². The summed E-state index contributed by atoms with van der Waals surface area (Å²) in [5.41, 5.74) is 2.23. The average molecular weight is 203 g/mol. The van der Waals surface area contributed by atoms with Gasteiger partial charge in [0.15, 0.2) is 0 Å². The predicted molar refractivity (Wildman–Crippen MR) is 61.9 cm³/mol. The number of nitrogens with zero attached hydrogens (tertiary/aromatic N) is 3. The van der Waals surface area contributed by atoms with E-state index in [9.17, 15) is 0 Å². The predicted octanol–water partition coefficient (Wildman–Crippen LogP) is 2.75. The van der Waals surface area contributed by atoms with Gasteiger partial charge in [0.2, 0.25) is 0 Å². The van der Waals surface area contributed by atoms with Crippen molar-refractivity contribution in [2.24, 2.45) is 0 Å². The Morgan fingerprint density at radius 1 is 1.27 bits per heavy atom. The highest BCUT2D eigenvalue weighted by atomic mass is 15.1. The van der Waals surface area contributed by atoms with Gasteiger partial charge in [0.25, 0.3) is 0 Å². The van der Waals surface area contributed by atoms with E-state index >= 15 is 0 Å². The number of aromatic nitrogens is 3. The summed E-state index contributed by atoms with van der Waals surface area (Å²) in [6.07, 6.45) is 4.70. The van der Waals surface area contributed by atoms with Crippen LogP contribution in [0, 0.1) is 0 Å². The van der Waals surface area contributed by atoms with Crippen LogP contribution in [0.3, 0.4) is 0 Å². The molecule has 0 amide bonds. The van der Waals surface area contributed by atoms with Crippen molar-refractivity contribution in [1.82, 2.24) is 14.5 Å². The fraction of sp³-hybridized carbons (Fsp3) is 0.500. The standard InChI is InChI=1S/C12H17N3/c1-5-10-9-6-7-15(12(2,3)4)11(9)14-8-13-10/h6-8H,5H2,1-4H3. The van der Waals surface area contributed by atoms with E-state index in [-0.39, 0.29) is 5.54 Å². The summed E-state index contributed by atoms with van der Waals surface area (Å²) >= 11 is 0. The van der Waals surface area contributed by atoms with Crippen LogP contribution in [0.15, 0.2) is 18.6 Å². The van der Waals surface area contributed by atoms with Crippen molar-refractivity contribution < 1.29 is 0 Å². The van der Waals surface area contributed by atoms with E-state index in [0.717, 1.165) is 17.8 Å². The normalized spacial score (nSPS) is 12.3. The van der Waals surface area contributed by atoms with Gasteiger partial charge in [-0.2, -0.15) is 0 Å². The van der Waals surface area contributed by atoms with Gasteiger partial charge >= 0.3 is 0 Å². The molecule has 2 aromatic heterocycles. The van der Waals surface area contributed by atoms with Crippen LogP contribution in [0.5, 0.6) is 0 Å². The Hall–Kier alpha value is -1.38. The molecule has 0 radical (unpaired) electrons. The van der Waals surface area contributed by atoms with Crippen LogP contribution in [0.25, 0.3) is 11.0 Å². The van der Waals surface area contributed by atoms with Gasteiger partial charge in [-0.05, 0) is 33.3 Å². The van der Waals surface area contributed by atoms with Crippen LogP contribution < -0.4 is 0 Å². The molecule has 15 heavy (non-hydrogen) atoms. The largest absolute Gasteiger partial charge is 0.327 e. The molecule has 0 atom stereocenters. The summed E-state index contributed by atoms with van der Waals surface area (Å²) in [5, 5.41) is 1.18. The minimum absolute atomic E-state index is 0.0706. The van der Waals surface area contributed by atoms with E-state index in [1.54, 1.807) is 6.33 Å². The van der Waals surface area contributed by atoms with Gasteiger partial charge in [0.05, 0.1) is 5.69 Å². The van der Waals surface area contributed by atoms with Crippen LogP contribution in [0.1, 0.15) is 33.4 Å². The first kappa shape index (κ1) is 10.1. The molecular weight excluding hydrogens is 186 g/mol. The number of rotatable bonds is 1. The van der Waals surface area contributed by atoms with Crippen molar-refractivity contribution in [3.8, 4) is 0 Å². The van der Waals surface area contributed by atoms with Gasteiger partial charge in [-0.15, -0.1) is 0 Å². The molecule has 0 aromatic carbocycles. The van der Waals surface area contributed by atoms with Crippen molar-refractivity contribution in [2.75, 3.05) is 0 Å². The molecule has 3 nitrogen and oxygen atoms in total. The lowest BCUT2D eigenvalue weighted by Crippen LogP contribution is -2.20. The lowest BCUT2D eigenvalue weighted by molar-refractivity contribution is 0.408. The van der Waals surface area contributed by atoms with Crippen LogP contribution in [0.2, 0.25) is 0 Å². The Labute approximate surface area is 90.2 Å². The SMILES string of the molecule is CCc1ncnc2c1ccn2C(C)(C)C. The summed E-state index contributed by atoms with van der Waals surface area (Å²) < 4.78 is 2.20. The van der Waals surface area contributed by atoms with Crippen LogP contribution >= 0.6 is 0 Å². The molecular formula is C12H17N3. The molecule has 0 saturated heterocycles. The number of hydrogen-bond donors (Lipinski definition) is 0. The van der Waals surface area contributed by atoms with Gasteiger partial charge in [0.1, 0.15) is 12.0 Å². The van der Waals surface area contributed by atoms with Crippen LogP contribution in [0.4, 0.5) is 0 Å². The first-order valence-electron chi connectivity index (χ1n) is 5.35. The lowest BCUT2D eigenvalue weighted by Gasteiger charge is -2.21. The smallest absolute Gasteiger partial charge is 0.144 e. The molecule has 80 valence electrons. The third-order valence-corrected chi connectivity index (χ3v) is 2.62. The van der Waals surface area contributed by atoms with Crippen molar-refractivity contribution in [1.29, 1.82) is 0 Å². The van der Waals surface area contributed by atoms with E-state index in [1.165, 1.54) is 5.39 Å². The fourth-order valence-electron chi connectivity index (χ4n) is 1.83. The van der Waals surface area contributed by atoms with Crippen molar-refractivity contribution in [3.05, 3.63) is 24.3 Å². The highest BCUT2D eigenvalue weighted by Gasteiger charge is 2.16. The fourth-order valence-corrected chi connectivity index (χ4v) is 1.83. The van der Waals surface area contributed by atoms with Crippen LogP contribution in [-0.4, -0.2) is 14.5 Å². The zero-order valence-corrected chi connectivity index (χ0v) is 9.78. The first-order chi connectivity index (χ1) is 7.04. The molecule has 2 rings (SSSR count). The first-order valence-corrected chi connectivity index (χ1v) is 5.35. The van der Waals surface area contributed by atoms with Crippen LogP contribution in [-0.2, 0) is 12.0 Å². The Bertz CT molecular complexity index is 477. The molecule has 0 N–H and O–H groups in total. The monoisotopic (exact) mass is 203 g/mol. The van der Waals surface area contributed by atoms with Gasteiger partial charge in [0, 0.05) is 17.1 Å². The maximum atomic E-state index is 4.37. The maximum absolute atomic E-state index is 4.37. The topological polar surface area (TPSA) is 30.7 Å². The zero-order chi connectivity index (χ0) is 11.1. The number of fused-ring (bicyclic) bond motifs is 1. The van der Waals surface area contributed by atoms with E-state index in [0.29, 0.717) is 0 Å². The molecule has 0 aliphatic heterocycles. The van der Waals surface area contributed by atoms with E-state index in [1.807, 2.05) is 0 Å². The Morgan fingerprint density at radius 3 is 2.60 bits per heavy atom. The van der Waals surface area contributed by atoms with E-state index in [4.69, 9.17) is 0 Å². The summed E-state index contributed by atoms with van der Waals surface area (Å²) in [4.78, 5) is 8.66. The number of aryl methyl sites for hydroxylation is 1. The highest BCUT2D eigenvalue weighted by molar-refractivity contribution is 5.78. The Balaban J connectivity index is 2.72. The van der Waals surface area contributed by atoms with E-state index < -0.39 is 0 Å². The summed E-state index contributed by atoms with van der Waals surface area (Å²) in [6.45, 7) is 8.66. The highest BCUT2D eigenvalue weighted by Crippen LogP contribution is 2.23. The number of hydrogen-bond acceptors (Lipinski definition) is 2. The Morgan fingerprint density at radius 2 is 2.00 bits per heavy atom. The second kappa shape index (κ2) is 3.33. The average Bonchev–Trinajstić information content (AvgIpc) is 2.59. The van der Waals surface area contributed by atoms with Crippen molar-refractivity contribution in [3.63, 3.8) is 0 Å². The quantitative estimate of drug-likeness (QED) is 0.713.